The van der Waals surface area contributed by atoms with E-state index < -0.39 is 0 Å². The molecule has 1 aliphatic rings. The molecule has 0 atom stereocenters. The summed E-state index contributed by atoms with van der Waals surface area (Å²) in [6.07, 6.45) is 6.38. The van der Waals surface area contributed by atoms with Gasteiger partial charge in [0.2, 0.25) is 0 Å². The molecule has 0 N–H and O–H groups in total. The number of anilines is 4. The molecule has 0 unspecified atom stereocenters. The largest absolute Gasteiger partial charge is 0.363 e. The average molecular weight is 642 g/mol. The van der Waals surface area contributed by atoms with E-state index in [0.717, 1.165) is 26.2 Å². The van der Waals surface area contributed by atoms with E-state index in [2.05, 4.69) is 185 Å². The lowest BCUT2D eigenvalue weighted by Crippen LogP contribution is -2.33. The molecular formula is C46H47N3. The maximum absolute atomic E-state index is 2.62. The molecule has 1 saturated carbocycles. The summed E-state index contributed by atoms with van der Waals surface area (Å²) in [6, 6.07) is 62.4. The first-order valence-corrected chi connectivity index (χ1v) is 17.9. The van der Waals surface area contributed by atoms with Gasteiger partial charge < -0.3 is 14.7 Å². The molecule has 6 aromatic rings. The molecule has 0 amide bonds. The van der Waals surface area contributed by atoms with Crippen LogP contribution in [0.3, 0.4) is 0 Å². The number of hydrogen-bond acceptors (Lipinski definition) is 3. The number of nitrogens with zero attached hydrogens (tertiary/aromatic N) is 3. The third-order valence-corrected chi connectivity index (χ3v) is 9.79. The lowest BCUT2D eigenvalue weighted by molar-refractivity contribution is 0.436. The van der Waals surface area contributed by atoms with Gasteiger partial charge in [0.15, 0.2) is 0 Å². The lowest BCUT2D eigenvalue weighted by Gasteiger charge is -2.37. The van der Waals surface area contributed by atoms with Crippen LogP contribution in [0.15, 0.2) is 170 Å². The van der Waals surface area contributed by atoms with Crippen molar-refractivity contribution in [1.29, 1.82) is 0 Å². The summed E-state index contributed by atoms with van der Waals surface area (Å²) in [6.45, 7) is 3.47. The van der Waals surface area contributed by atoms with E-state index >= 15 is 0 Å². The summed E-state index contributed by atoms with van der Waals surface area (Å²) in [4.78, 5) is 7.59. The van der Waals surface area contributed by atoms with E-state index in [1.165, 1.54) is 77.1 Å². The van der Waals surface area contributed by atoms with Gasteiger partial charge in [-0.15, -0.1) is 0 Å². The Morgan fingerprint density at radius 2 is 0.612 bits per heavy atom. The zero-order valence-electron chi connectivity index (χ0n) is 28.4. The molecule has 0 radical (unpaired) electrons. The summed E-state index contributed by atoms with van der Waals surface area (Å²) < 4.78 is 0. The fourth-order valence-electron chi connectivity index (χ4n) is 7.25. The Balaban J connectivity index is 1.17. The number of benzene rings is 6. The molecule has 3 heteroatoms. The van der Waals surface area contributed by atoms with Crippen molar-refractivity contribution >= 4 is 22.7 Å². The molecule has 0 aliphatic heterocycles. The highest BCUT2D eigenvalue weighted by Crippen LogP contribution is 2.37. The molecule has 0 aromatic heterocycles. The van der Waals surface area contributed by atoms with Gasteiger partial charge in [-0.25, -0.2) is 0 Å². The predicted octanol–water partition coefficient (Wildman–Crippen LogP) is 11.6. The molecule has 0 spiro atoms. The van der Waals surface area contributed by atoms with Gasteiger partial charge in [0.05, 0.1) is 0 Å². The predicted molar refractivity (Wildman–Crippen MR) is 207 cm³/mol. The molecular weight excluding hydrogens is 595 g/mol. The Kier molecular flexibility index (Phi) is 10.7. The van der Waals surface area contributed by atoms with Crippen molar-refractivity contribution in [3.05, 3.63) is 192 Å². The topological polar surface area (TPSA) is 9.72 Å². The Morgan fingerprint density at radius 3 is 0.918 bits per heavy atom. The second kappa shape index (κ2) is 16.2. The fourth-order valence-corrected chi connectivity index (χ4v) is 7.25. The second-order valence-electron chi connectivity index (χ2n) is 13.3. The van der Waals surface area contributed by atoms with Gasteiger partial charge >= 0.3 is 0 Å². The Labute approximate surface area is 293 Å². The molecule has 0 bridgehead atoms. The summed E-state index contributed by atoms with van der Waals surface area (Å²) >= 11 is 0. The number of rotatable bonds is 13. The van der Waals surface area contributed by atoms with Crippen molar-refractivity contribution in [1.82, 2.24) is 0 Å². The van der Waals surface area contributed by atoms with E-state index in [1.807, 2.05) is 0 Å². The van der Waals surface area contributed by atoms with Crippen LogP contribution in [0.5, 0.6) is 0 Å². The zero-order valence-corrected chi connectivity index (χ0v) is 28.4. The first-order chi connectivity index (χ1) is 24.3. The first kappa shape index (κ1) is 32.3. The normalized spacial score (nSPS) is 13.1. The van der Waals surface area contributed by atoms with Crippen LogP contribution in [-0.4, -0.2) is 6.04 Å². The van der Waals surface area contributed by atoms with E-state index in [-0.39, 0.29) is 0 Å². The highest BCUT2D eigenvalue weighted by atomic mass is 15.2. The number of hydrogen-bond donors (Lipinski definition) is 0. The highest BCUT2D eigenvalue weighted by molar-refractivity contribution is 5.69. The van der Waals surface area contributed by atoms with E-state index in [4.69, 9.17) is 0 Å². The molecule has 6 aromatic carbocycles. The molecule has 3 nitrogen and oxygen atoms in total. The quantitative estimate of drug-likeness (QED) is 0.124. The highest BCUT2D eigenvalue weighted by Gasteiger charge is 2.24. The van der Waals surface area contributed by atoms with Gasteiger partial charge in [0.25, 0.3) is 0 Å². The molecule has 49 heavy (non-hydrogen) atoms. The lowest BCUT2D eigenvalue weighted by atomic mass is 9.93. The molecule has 7 rings (SSSR count). The van der Waals surface area contributed by atoms with Crippen molar-refractivity contribution in [2.75, 3.05) is 14.7 Å². The van der Waals surface area contributed by atoms with Gasteiger partial charge in [-0.1, -0.05) is 141 Å². The van der Waals surface area contributed by atoms with Crippen LogP contribution in [-0.2, 0) is 26.2 Å². The van der Waals surface area contributed by atoms with Crippen LogP contribution >= 0.6 is 0 Å². The van der Waals surface area contributed by atoms with Gasteiger partial charge in [0, 0.05) is 55.0 Å². The van der Waals surface area contributed by atoms with Crippen LogP contribution < -0.4 is 14.7 Å². The zero-order chi connectivity index (χ0) is 33.1. The summed E-state index contributed by atoms with van der Waals surface area (Å²) in [5.41, 5.74) is 10.3. The monoisotopic (exact) mass is 641 g/mol. The van der Waals surface area contributed by atoms with Crippen molar-refractivity contribution in [2.45, 2.75) is 64.3 Å². The van der Waals surface area contributed by atoms with E-state index in [0.29, 0.717) is 6.04 Å². The van der Waals surface area contributed by atoms with Gasteiger partial charge in [-0.2, -0.15) is 0 Å². The second-order valence-corrected chi connectivity index (χ2v) is 13.3. The Morgan fingerprint density at radius 1 is 0.327 bits per heavy atom. The molecule has 1 aliphatic carbocycles. The summed E-state index contributed by atoms with van der Waals surface area (Å²) in [5.74, 6) is 0. The summed E-state index contributed by atoms with van der Waals surface area (Å²) in [7, 11) is 0. The molecule has 246 valence electrons. The van der Waals surface area contributed by atoms with Gasteiger partial charge in [-0.05, 0) is 83.6 Å². The maximum atomic E-state index is 2.62. The van der Waals surface area contributed by atoms with Crippen LogP contribution in [0.25, 0.3) is 0 Å². The van der Waals surface area contributed by atoms with Crippen LogP contribution in [0, 0.1) is 0 Å². The standard InChI is InChI=1S/C46H47N3/c1-6-16-38(17-7-1)34-47(35-39-18-8-2-9-19-39)42-26-30-45(31-27-42)49(44-24-14-5-15-25-44)46-32-28-43(29-33-46)48(36-40-20-10-3-11-21-40)37-41-22-12-4-13-23-41/h1-4,6-13,16-23,26-33,44H,5,14-15,24-25,34-37H2. The Bertz CT molecular complexity index is 1600. The summed E-state index contributed by atoms with van der Waals surface area (Å²) in [5, 5.41) is 0. The maximum Gasteiger partial charge on any atom is 0.0433 e. The van der Waals surface area contributed by atoms with Crippen LogP contribution in [0.1, 0.15) is 54.4 Å². The minimum absolute atomic E-state index is 0.500. The SMILES string of the molecule is c1ccc(CN(Cc2ccccc2)c2ccc(N(c3ccc(N(Cc4ccccc4)Cc4ccccc4)cc3)C3CCCCC3)cc2)cc1. The Hall–Kier alpha value is -5.28. The average Bonchev–Trinajstić information content (AvgIpc) is 3.17. The smallest absolute Gasteiger partial charge is 0.0433 e. The minimum Gasteiger partial charge on any atom is -0.363 e. The molecule has 0 heterocycles. The first-order valence-electron chi connectivity index (χ1n) is 17.9. The third-order valence-electron chi connectivity index (χ3n) is 9.79. The van der Waals surface area contributed by atoms with Gasteiger partial charge in [0.1, 0.15) is 0 Å². The molecule has 0 saturated heterocycles. The third kappa shape index (κ3) is 8.61. The van der Waals surface area contributed by atoms with Crippen molar-refractivity contribution in [2.24, 2.45) is 0 Å². The minimum atomic E-state index is 0.500. The van der Waals surface area contributed by atoms with Crippen LogP contribution in [0.2, 0.25) is 0 Å². The van der Waals surface area contributed by atoms with Crippen LogP contribution in [0.4, 0.5) is 22.7 Å². The van der Waals surface area contributed by atoms with E-state index in [1.54, 1.807) is 0 Å². The van der Waals surface area contributed by atoms with Gasteiger partial charge in [-0.3, -0.25) is 0 Å². The van der Waals surface area contributed by atoms with Crippen molar-refractivity contribution in [3.63, 3.8) is 0 Å². The fraction of sp³-hybridized carbons (Fsp3) is 0.217. The molecule has 1 fully saturated rings. The van der Waals surface area contributed by atoms with Crippen molar-refractivity contribution in [3.8, 4) is 0 Å². The van der Waals surface area contributed by atoms with E-state index in [9.17, 15) is 0 Å². The van der Waals surface area contributed by atoms with Crippen molar-refractivity contribution < 1.29 is 0 Å².